The van der Waals surface area contributed by atoms with Gasteiger partial charge in [-0.25, -0.2) is 9.97 Å². The van der Waals surface area contributed by atoms with Crippen molar-refractivity contribution in [2.24, 2.45) is 0 Å². The summed E-state index contributed by atoms with van der Waals surface area (Å²) in [5, 5.41) is 1.44. The molecule has 1 saturated carbocycles. The van der Waals surface area contributed by atoms with Crippen molar-refractivity contribution in [3.8, 4) is 11.4 Å². The second-order valence-corrected chi connectivity index (χ2v) is 7.11. The Hall–Kier alpha value is -0.350. The van der Waals surface area contributed by atoms with E-state index in [1.807, 2.05) is 6.07 Å². The van der Waals surface area contributed by atoms with Crippen LogP contribution < -0.4 is 0 Å². The predicted molar refractivity (Wildman–Crippen MR) is 91.4 cm³/mol. The van der Waals surface area contributed by atoms with Crippen molar-refractivity contribution in [1.82, 2.24) is 9.97 Å². The highest BCUT2D eigenvalue weighted by atomic mass is 79.9. The maximum Gasteiger partial charge on any atom is 0.161 e. The Kier molecular flexibility index (Phi) is 4.75. The Labute approximate surface area is 147 Å². The highest BCUT2D eigenvalue weighted by molar-refractivity contribution is 9.10. The van der Waals surface area contributed by atoms with Gasteiger partial charge in [0.25, 0.3) is 0 Å². The van der Waals surface area contributed by atoms with Gasteiger partial charge in [0.05, 0.1) is 20.2 Å². The van der Waals surface area contributed by atoms with E-state index in [1.54, 1.807) is 12.1 Å². The van der Waals surface area contributed by atoms with Crippen LogP contribution in [0.2, 0.25) is 15.2 Å². The van der Waals surface area contributed by atoms with Crippen molar-refractivity contribution in [2.45, 2.75) is 31.6 Å². The third-order valence-corrected chi connectivity index (χ3v) is 5.78. The third kappa shape index (κ3) is 3.21. The molecule has 110 valence electrons. The number of hydrogen-bond acceptors (Lipinski definition) is 2. The topological polar surface area (TPSA) is 25.8 Å². The van der Waals surface area contributed by atoms with Gasteiger partial charge in [0.15, 0.2) is 5.82 Å². The molecule has 0 N–H and O–H groups in total. The second-order valence-electron chi connectivity index (χ2n) is 5.15. The van der Waals surface area contributed by atoms with Gasteiger partial charge in [-0.2, -0.15) is 0 Å². The van der Waals surface area contributed by atoms with Crippen LogP contribution in [0, 0.1) is 0 Å². The molecule has 6 heteroatoms. The number of halogens is 4. The fraction of sp³-hybridized carbons (Fsp3) is 0.333. The SMILES string of the molecule is Clc1ccc(-c2nc(Cl)c(Br)c(C3CCCC3)n2)cc1Cl. The van der Waals surface area contributed by atoms with Crippen LogP contribution in [0.1, 0.15) is 37.3 Å². The molecule has 2 aromatic rings. The van der Waals surface area contributed by atoms with E-state index in [0.29, 0.717) is 26.9 Å². The summed E-state index contributed by atoms with van der Waals surface area (Å²) in [5.41, 5.74) is 1.81. The van der Waals surface area contributed by atoms with Crippen molar-refractivity contribution < 1.29 is 0 Å². The maximum absolute atomic E-state index is 6.26. The lowest BCUT2D eigenvalue weighted by Gasteiger charge is -2.13. The summed E-state index contributed by atoms with van der Waals surface area (Å²) in [7, 11) is 0. The summed E-state index contributed by atoms with van der Waals surface area (Å²) < 4.78 is 0.805. The molecule has 21 heavy (non-hydrogen) atoms. The standard InChI is InChI=1S/C15H12BrCl3N2/c16-12-13(8-3-1-2-4-8)20-15(21-14(12)19)9-5-6-10(17)11(18)7-9/h5-8H,1-4H2. The first kappa shape index (κ1) is 15.5. The molecule has 1 heterocycles. The first-order chi connectivity index (χ1) is 10.1. The Bertz CT molecular complexity index is 685. The van der Waals surface area contributed by atoms with E-state index in [0.717, 1.165) is 28.6 Å². The van der Waals surface area contributed by atoms with Crippen molar-refractivity contribution in [2.75, 3.05) is 0 Å². The van der Waals surface area contributed by atoms with Crippen molar-refractivity contribution in [3.63, 3.8) is 0 Å². The van der Waals surface area contributed by atoms with Crippen molar-refractivity contribution >= 4 is 50.7 Å². The van der Waals surface area contributed by atoms with E-state index in [4.69, 9.17) is 39.8 Å². The number of hydrogen-bond donors (Lipinski definition) is 0. The van der Waals surface area contributed by atoms with Gasteiger partial charge in [-0.05, 0) is 47.0 Å². The Balaban J connectivity index is 2.08. The number of aromatic nitrogens is 2. The second kappa shape index (κ2) is 6.41. The quantitative estimate of drug-likeness (QED) is 0.530. The molecule has 0 amide bonds. The lowest BCUT2D eigenvalue weighted by atomic mass is 10.0. The number of nitrogens with zero attached hydrogens (tertiary/aromatic N) is 2. The van der Waals surface area contributed by atoms with E-state index in [2.05, 4.69) is 20.9 Å². The molecule has 0 bridgehead atoms. The van der Waals surface area contributed by atoms with Gasteiger partial charge in [-0.3, -0.25) is 0 Å². The lowest BCUT2D eigenvalue weighted by Crippen LogP contribution is -2.02. The molecule has 1 fully saturated rings. The average Bonchev–Trinajstić information content (AvgIpc) is 2.98. The fourth-order valence-electron chi connectivity index (χ4n) is 2.67. The van der Waals surface area contributed by atoms with Gasteiger partial charge in [-0.15, -0.1) is 0 Å². The normalized spacial score (nSPS) is 15.6. The van der Waals surface area contributed by atoms with Gasteiger partial charge >= 0.3 is 0 Å². The molecule has 0 aliphatic heterocycles. The largest absolute Gasteiger partial charge is 0.231 e. The van der Waals surface area contributed by atoms with Crippen LogP contribution in [0.5, 0.6) is 0 Å². The predicted octanol–water partition coefficient (Wildman–Crippen LogP) is 6.52. The molecule has 0 atom stereocenters. The third-order valence-electron chi connectivity index (χ3n) is 3.76. The zero-order valence-electron chi connectivity index (χ0n) is 11.0. The first-order valence-corrected chi connectivity index (χ1v) is 8.67. The Morgan fingerprint density at radius 2 is 1.71 bits per heavy atom. The van der Waals surface area contributed by atoms with Crippen molar-refractivity contribution in [3.05, 3.63) is 43.6 Å². The highest BCUT2D eigenvalue weighted by Gasteiger charge is 2.23. The number of benzene rings is 1. The molecule has 1 aliphatic carbocycles. The van der Waals surface area contributed by atoms with Crippen LogP contribution in [-0.2, 0) is 0 Å². The molecule has 1 aromatic carbocycles. The summed E-state index contributed by atoms with van der Waals surface area (Å²) in [6, 6.07) is 5.36. The molecular formula is C15H12BrCl3N2. The van der Waals surface area contributed by atoms with Gasteiger partial charge in [0.2, 0.25) is 0 Å². The molecule has 0 radical (unpaired) electrons. The summed E-state index contributed by atoms with van der Waals surface area (Å²) in [5.74, 6) is 1.03. The van der Waals surface area contributed by atoms with E-state index in [-0.39, 0.29) is 0 Å². The molecule has 0 spiro atoms. The van der Waals surface area contributed by atoms with Gasteiger partial charge < -0.3 is 0 Å². The zero-order chi connectivity index (χ0) is 15.0. The molecule has 0 saturated heterocycles. The van der Waals surface area contributed by atoms with E-state index < -0.39 is 0 Å². The summed E-state index contributed by atoms with van der Waals surface area (Å²) >= 11 is 21.8. The van der Waals surface area contributed by atoms with Crippen LogP contribution in [0.4, 0.5) is 0 Å². The monoisotopic (exact) mass is 404 g/mol. The molecule has 0 unspecified atom stereocenters. The minimum atomic E-state index is 0.438. The van der Waals surface area contributed by atoms with Crippen LogP contribution >= 0.6 is 50.7 Å². The van der Waals surface area contributed by atoms with Crippen LogP contribution in [0.3, 0.4) is 0 Å². The zero-order valence-corrected chi connectivity index (χ0v) is 14.9. The maximum atomic E-state index is 6.26. The molecule has 3 rings (SSSR count). The minimum absolute atomic E-state index is 0.438. The minimum Gasteiger partial charge on any atom is -0.231 e. The lowest BCUT2D eigenvalue weighted by molar-refractivity contribution is 0.691. The highest BCUT2D eigenvalue weighted by Crippen LogP contribution is 2.39. The van der Waals surface area contributed by atoms with E-state index in [9.17, 15) is 0 Å². The van der Waals surface area contributed by atoms with E-state index >= 15 is 0 Å². The first-order valence-electron chi connectivity index (χ1n) is 6.74. The van der Waals surface area contributed by atoms with Gasteiger partial charge in [0, 0.05) is 11.5 Å². The van der Waals surface area contributed by atoms with Crippen LogP contribution in [0.15, 0.2) is 22.7 Å². The smallest absolute Gasteiger partial charge is 0.161 e. The van der Waals surface area contributed by atoms with E-state index in [1.165, 1.54) is 12.8 Å². The summed E-state index contributed by atoms with van der Waals surface area (Å²) in [6.07, 6.45) is 4.77. The summed E-state index contributed by atoms with van der Waals surface area (Å²) in [4.78, 5) is 9.06. The van der Waals surface area contributed by atoms with Gasteiger partial charge in [0.1, 0.15) is 5.15 Å². The van der Waals surface area contributed by atoms with Gasteiger partial charge in [-0.1, -0.05) is 47.6 Å². The summed E-state index contributed by atoms with van der Waals surface area (Å²) in [6.45, 7) is 0. The van der Waals surface area contributed by atoms with Crippen LogP contribution in [-0.4, -0.2) is 9.97 Å². The molecular weight excluding hydrogens is 394 g/mol. The molecule has 1 aromatic heterocycles. The fourth-order valence-corrected chi connectivity index (χ4v) is 3.65. The molecule has 1 aliphatic rings. The average molecular weight is 407 g/mol. The Morgan fingerprint density at radius 3 is 2.38 bits per heavy atom. The molecule has 2 nitrogen and oxygen atoms in total. The Morgan fingerprint density at radius 1 is 1.00 bits per heavy atom. The van der Waals surface area contributed by atoms with Crippen molar-refractivity contribution in [1.29, 1.82) is 0 Å². The van der Waals surface area contributed by atoms with Crippen LogP contribution in [0.25, 0.3) is 11.4 Å². The number of rotatable bonds is 2.